The maximum Gasteiger partial charge on any atom is 0.130 e. The minimum Gasteiger partial charge on any atom is -0.493 e. The molecule has 16 heavy (non-hydrogen) atoms. The molecule has 1 heterocycles. The van der Waals surface area contributed by atoms with Gasteiger partial charge in [-0.1, -0.05) is 19.9 Å². The highest BCUT2D eigenvalue weighted by Gasteiger charge is 2.07. The zero-order valence-electron chi connectivity index (χ0n) is 10.1. The summed E-state index contributed by atoms with van der Waals surface area (Å²) in [6.45, 7) is 7.19. The highest BCUT2D eigenvalue weighted by molar-refractivity contribution is 5.87. The number of aromatic amines is 1. The van der Waals surface area contributed by atoms with Crippen LogP contribution in [0.4, 0.5) is 0 Å². The number of aromatic nitrogens is 2. The second-order valence-electron chi connectivity index (χ2n) is 4.53. The van der Waals surface area contributed by atoms with E-state index in [4.69, 9.17) is 4.74 Å². The smallest absolute Gasteiger partial charge is 0.130 e. The number of hydrogen-bond acceptors (Lipinski definition) is 2. The summed E-state index contributed by atoms with van der Waals surface area (Å²) in [7, 11) is 0. The number of aryl methyl sites for hydroxylation is 1. The number of nitrogens with zero attached hydrogens (tertiary/aromatic N) is 1. The Morgan fingerprint density at radius 3 is 2.94 bits per heavy atom. The van der Waals surface area contributed by atoms with Crippen molar-refractivity contribution in [2.75, 3.05) is 6.61 Å². The maximum atomic E-state index is 5.81. The van der Waals surface area contributed by atoms with E-state index in [2.05, 4.69) is 24.0 Å². The summed E-state index contributed by atoms with van der Waals surface area (Å²) < 4.78 is 5.81. The number of H-pyrrole nitrogens is 1. The summed E-state index contributed by atoms with van der Waals surface area (Å²) in [5.41, 5.74) is 2.04. The lowest BCUT2D eigenvalue weighted by atomic mass is 10.1. The first-order valence-electron chi connectivity index (χ1n) is 5.75. The normalized spacial score (nSPS) is 11.2. The van der Waals surface area contributed by atoms with Crippen molar-refractivity contribution in [2.45, 2.75) is 27.2 Å². The Morgan fingerprint density at radius 2 is 2.19 bits per heavy atom. The van der Waals surface area contributed by atoms with Crippen LogP contribution in [0.1, 0.15) is 26.0 Å². The molecule has 0 aliphatic carbocycles. The SMILES string of the molecule is Cc1[nH]nc2cccc(OCCC(C)C)c12. The third-order valence-corrected chi connectivity index (χ3v) is 2.68. The van der Waals surface area contributed by atoms with Crippen molar-refractivity contribution in [3.05, 3.63) is 23.9 Å². The summed E-state index contributed by atoms with van der Waals surface area (Å²) in [6.07, 6.45) is 1.08. The van der Waals surface area contributed by atoms with Gasteiger partial charge in [0, 0.05) is 5.69 Å². The van der Waals surface area contributed by atoms with Crippen LogP contribution in [0.15, 0.2) is 18.2 Å². The van der Waals surface area contributed by atoms with Gasteiger partial charge in [0.15, 0.2) is 0 Å². The Balaban J connectivity index is 2.20. The fraction of sp³-hybridized carbons (Fsp3) is 0.462. The van der Waals surface area contributed by atoms with Gasteiger partial charge < -0.3 is 4.74 Å². The molecule has 3 heteroatoms. The second kappa shape index (κ2) is 4.56. The van der Waals surface area contributed by atoms with Crippen molar-refractivity contribution in [1.29, 1.82) is 0 Å². The van der Waals surface area contributed by atoms with Crippen LogP contribution in [0.5, 0.6) is 5.75 Å². The number of fused-ring (bicyclic) bond motifs is 1. The Bertz CT molecular complexity index is 474. The molecule has 0 aliphatic heterocycles. The van der Waals surface area contributed by atoms with E-state index < -0.39 is 0 Å². The molecule has 0 amide bonds. The molecule has 1 aromatic heterocycles. The Labute approximate surface area is 95.8 Å². The number of rotatable bonds is 4. The molecule has 1 aromatic carbocycles. The van der Waals surface area contributed by atoms with Crippen molar-refractivity contribution < 1.29 is 4.74 Å². The molecule has 0 spiro atoms. The van der Waals surface area contributed by atoms with Crippen LogP contribution in [-0.4, -0.2) is 16.8 Å². The Morgan fingerprint density at radius 1 is 1.38 bits per heavy atom. The van der Waals surface area contributed by atoms with Gasteiger partial charge in [0.25, 0.3) is 0 Å². The van der Waals surface area contributed by atoms with Crippen molar-refractivity contribution in [3.8, 4) is 5.75 Å². The quantitative estimate of drug-likeness (QED) is 0.855. The van der Waals surface area contributed by atoms with Crippen molar-refractivity contribution >= 4 is 10.9 Å². The van der Waals surface area contributed by atoms with E-state index in [-0.39, 0.29) is 0 Å². The van der Waals surface area contributed by atoms with Gasteiger partial charge in [-0.25, -0.2) is 0 Å². The molecule has 1 N–H and O–H groups in total. The lowest BCUT2D eigenvalue weighted by molar-refractivity contribution is 0.292. The molecule has 0 aliphatic rings. The fourth-order valence-corrected chi connectivity index (χ4v) is 1.71. The van der Waals surface area contributed by atoms with Gasteiger partial charge >= 0.3 is 0 Å². The Hall–Kier alpha value is -1.51. The van der Waals surface area contributed by atoms with E-state index in [1.165, 1.54) is 0 Å². The average Bonchev–Trinajstić information content (AvgIpc) is 2.61. The minimum absolute atomic E-state index is 0.671. The van der Waals surface area contributed by atoms with Gasteiger partial charge in [-0.2, -0.15) is 5.10 Å². The molecule has 0 fully saturated rings. The number of nitrogens with one attached hydrogen (secondary N) is 1. The van der Waals surface area contributed by atoms with Crippen LogP contribution >= 0.6 is 0 Å². The molecule has 3 nitrogen and oxygen atoms in total. The number of benzene rings is 1. The van der Waals surface area contributed by atoms with Gasteiger partial charge in [0.2, 0.25) is 0 Å². The van der Waals surface area contributed by atoms with Gasteiger partial charge in [-0.15, -0.1) is 0 Å². The lowest BCUT2D eigenvalue weighted by Gasteiger charge is -2.09. The van der Waals surface area contributed by atoms with E-state index in [1.807, 2.05) is 25.1 Å². The largest absolute Gasteiger partial charge is 0.493 e. The van der Waals surface area contributed by atoms with Crippen molar-refractivity contribution in [1.82, 2.24) is 10.2 Å². The first-order valence-corrected chi connectivity index (χ1v) is 5.75. The van der Waals surface area contributed by atoms with E-state index >= 15 is 0 Å². The average molecular weight is 218 g/mol. The summed E-state index contributed by atoms with van der Waals surface area (Å²) in [5.74, 6) is 1.61. The zero-order chi connectivity index (χ0) is 11.5. The van der Waals surface area contributed by atoms with Gasteiger partial charge in [0.1, 0.15) is 5.75 Å². The first kappa shape index (κ1) is 11.0. The molecule has 2 rings (SSSR count). The topological polar surface area (TPSA) is 37.9 Å². The zero-order valence-corrected chi connectivity index (χ0v) is 10.1. The third-order valence-electron chi connectivity index (χ3n) is 2.68. The molecule has 0 saturated carbocycles. The van der Waals surface area contributed by atoms with Crippen LogP contribution in [0.2, 0.25) is 0 Å². The molecular formula is C13H18N2O. The molecule has 86 valence electrons. The number of ether oxygens (including phenoxy) is 1. The summed E-state index contributed by atoms with van der Waals surface area (Å²) in [4.78, 5) is 0. The van der Waals surface area contributed by atoms with Gasteiger partial charge in [-0.3, -0.25) is 5.10 Å². The fourth-order valence-electron chi connectivity index (χ4n) is 1.71. The standard InChI is InChI=1S/C13H18N2O/c1-9(2)7-8-16-12-6-4-5-11-13(12)10(3)14-15-11/h4-6,9H,7-8H2,1-3H3,(H,14,15). The van der Waals surface area contributed by atoms with E-state index in [1.54, 1.807) is 0 Å². The summed E-state index contributed by atoms with van der Waals surface area (Å²) in [6, 6.07) is 5.98. The Kier molecular flexibility index (Phi) is 3.13. The summed E-state index contributed by atoms with van der Waals surface area (Å²) >= 11 is 0. The van der Waals surface area contributed by atoms with E-state index in [0.29, 0.717) is 5.92 Å². The number of hydrogen-bond donors (Lipinski definition) is 1. The van der Waals surface area contributed by atoms with Gasteiger partial charge in [-0.05, 0) is 31.4 Å². The molecule has 0 bridgehead atoms. The van der Waals surface area contributed by atoms with Crippen LogP contribution in [0.25, 0.3) is 10.9 Å². The van der Waals surface area contributed by atoms with Crippen LogP contribution in [0, 0.1) is 12.8 Å². The lowest BCUT2D eigenvalue weighted by Crippen LogP contribution is -2.01. The van der Waals surface area contributed by atoms with E-state index in [0.717, 1.165) is 35.4 Å². The predicted molar refractivity (Wildman–Crippen MR) is 65.8 cm³/mol. The molecular weight excluding hydrogens is 200 g/mol. The highest BCUT2D eigenvalue weighted by Crippen LogP contribution is 2.26. The van der Waals surface area contributed by atoms with Crippen LogP contribution in [-0.2, 0) is 0 Å². The van der Waals surface area contributed by atoms with E-state index in [9.17, 15) is 0 Å². The molecule has 0 atom stereocenters. The predicted octanol–water partition coefficient (Wildman–Crippen LogP) is 3.30. The first-order chi connectivity index (χ1) is 7.68. The minimum atomic E-state index is 0.671. The maximum absolute atomic E-state index is 5.81. The highest BCUT2D eigenvalue weighted by atomic mass is 16.5. The third kappa shape index (κ3) is 2.18. The van der Waals surface area contributed by atoms with Crippen molar-refractivity contribution in [3.63, 3.8) is 0 Å². The van der Waals surface area contributed by atoms with Crippen molar-refractivity contribution in [2.24, 2.45) is 5.92 Å². The second-order valence-corrected chi connectivity index (χ2v) is 4.53. The van der Waals surface area contributed by atoms with Gasteiger partial charge in [0.05, 0.1) is 17.5 Å². The molecule has 2 aromatic rings. The molecule has 0 radical (unpaired) electrons. The monoisotopic (exact) mass is 218 g/mol. The molecule has 0 unspecified atom stereocenters. The summed E-state index contributed by atoms with van der Waals surface area (Å²) in [5, 5.41) is 8.31. The van der Waals surface area contributed by atoms with Crippen LogP contribution < -0.4 is 4.74 Å². The molecule has 0 saturated heterocycles. The van der Waals surface area contributed by atoms with Crippen LogP contribution in [0.3, 0.4) is 0 Å².